The van der Waals surface area contributed by atoms with Gasteiger partial charge in [0.1, 0.15) is 18.2 Å². The number of amides is 1. The number of ether oxygens (including phenoxy) is 1. The number of halogens is 1. The minimum absolute atomic E-state index is 0.0852. The van der Waals surface area contributed by atoms with Crippen LogP contribution in [-0.2, 0) is 23.2 Å². The van der Waals surface area contributed by atoms with Gasteiger partial charge in [-0.15, -0.1) is 0 Å². The van der Waals surface area contributed by atoms with Crippen LogP contribution in [0.5, 0.6) is 5.75 Å². The first-order valence-electron chi connectivity index (χ1n) is 11.7. The van der Waals surface area contributed by atoms with Gasteiger partial charge in [0.05, 0.1) is 23.3 Å². The van der Waals surface area contributed by atoms with E-state index in [-0.39, 0.29) is 11.3 Å². The molecule has 0 fully saturated rings. The zero-order valence-corrected chi connectivity index (χ0v) is 21.8. The second-order valence-electron chi connectivity index (χ2n) is 8.58. The van der Waals surface area contributed by atoms with Crippen LogP contribution in [-0.4, -0.2) is 29.6 Å². The number of nitrogens with zero attached hydrogens (tertiary/aromatic N) is 2. The summed E-state index contributed by atoms with van der Waals surface area (Å²) < 4.78 is 34.3. The van der Waals surface area contributed by atoms with Gasteiger partial charge in [0.2, 0.25) is 10.0 Å². The van der Waals surface area contributed by atoms with E-state index >= 15 is 0 Å². The molecule has 1 amide bonds. The molecule has 0 aliphatic heterocycles. The molecular weight excluding hydrogens is 498 g/mol. The van der Waals surface area contributed by atoms with E-state index in [0.717, 1.165) is 23.4 Å². The number of aromatic nitrogens is 2. The molecule has 9 heteroatoms. The molecule has 0 atom stereocenters. The topological polar surface area (TPSA) is 90.3 Å². The summed E-state index contributed by atoms with van der Waals surface area (Å²) in [6.45, 7) is 4.65. The Morgan fingerprint density at radius 3 is 2.58 bits per heavy atom. The molecule has 7 nitrogen and oxygen atoms in total. The van der Waals surface area contributed by atoms with Gasteiger partial charge in [-0.1, -0.05) is 61.3 Å². The molecule has 1 heterocycles. The molecule has 0 bridgehead atoms. The number of carbonyl (C=O) groups excluding carboxylic acids is 1. The van der Waals surface area contributed by atoms with Gasteiger partial charge in [-0.25, -0.2) is 18.1 Å². The second-order valence-corrected chi connectivity index (χ2v) is 10.8. The van der Waals surface area contributed by atoms with E-state index in [4.69, 9.17) is 16.3 Å². The predicted octanol–water partition coefficient (Wildman–Crippen LogP) is 5.49. The minimum atomic E-state index is -3.68. The number of hydrogen-bond donors (Lipinski definition) is 1. The lowest BCUT2D eigenvalue weighted by molar-refractivity contribution is 0.0981. The number of nitrogens with one attached hydrogen (secondary N) is 1. The predicted molar refractivity (Wildman–Crippen MR) is 142 cm³/mol. The molecule has 0 aliphatic carbocycles. The summed E-state index contributed by atoms with van der Waals surface area (Å²) in [7, 11) is -3.68. The molecule has 188 valence electrons. The number of carbonyl (C=O) groups is 1. The highest BCUT2D eigenvalue weighted by Crippen LogP contribution is 2.26. The molecule has 0 spiro atoms. The third kappa shape index (κ3) is 6.25. The molecule has 0 unspecified atom stereocenters. The van der Waals surface area contributed by atoms with Crippen molar-refractivity contribution in [2.75, 3.05) is 5.75 Å². The summed E-state index contributed by atoms with van der Waals surface area (Å²) in [5, 5.41) is 0.553. The van der Waals surface area contributed by atoms with E-state index in [2.05, 4.69) is 9.71 Å². The normalized spacial score (nSPS) is 11.5. The maximum absolute atomic E-state index is 12.6. The van der Waals surface area contributed by atoms with Crippen LogP contribution >= 0.6 is 11.6 Å². The lowest BCUT2D eigenvalue weighted by Gasteiger charge is -2.12. The van der Waals surface area contributed by atoms with E-state index in [0.29, 0.717) is 41.4 Å². The fourth-order valence-electron chi connectivity index (χ4n) is 3.83. The Balaban J connectivity index is 1.53. The van der Waals surface area contributed by atoms with Gasteiger partial charge in [0.15, 0.2) is 0 Å². The van der Waals surface area contributed by atoms with Gasteiger partial charge >= 0.3 is 0 Å². The van der Waals surface area contributed by atoms with Crippen molar-refractivity contribution in [3.63, 3.8) is 0 Å². The fraction of sp³-hybridized carbons (Fsp3) is 0.259. The summed E-state index contributed by atoms with van der Waals surface area (Å²) in [4.78, 5) is 17.2. The van der Waals surface area contributed by atoms with Gasteiger partial charge in [-0.3, -0.25) is 4.79 Å². The lowest BCUT2D eigenvalue weighted by atomic mass is 10.1. The Labute approximate surface area is 216 Å². The average Bonchev–Trinajstić information content (AvgIpc) is 3.17. The summed E-state index contributed by atoms with van der Waals surface area (Å²) >= 11 is 6.58. The first-order chi connectivity index (χ1) is 17.3. The number of benzene rings is 3. The van der Waals surface area contributed by atoms with E-state index in [9.17, 15) is 13.2 Å². The highest BCUT2D eigenvalue weighted by molar-refractivity contribution is 7.90. The number of fused-ring (bicyclic) bond motifs is 1. The Morgan fingerprint density at radius 2 is 1.86 bits per heavy atom. The summed E-state index contributed by atoms with van der Waals surface area (Å²) in [6, 6.07) is 20.4. The van der Waals surface area contributed by atoms with Crippen molar-refractivity contribution in [1.82, 2.24) is 14.3 Å². The molecule has 36 heavy (non-hydrogen) atoms. The quantitative estimate of drug-likeness (QED) is 0.296. The van der Waals surface area contributed by atoms with Crippen LogP contribution in [0.1, 0.15) is 47.1 Å². The van der Waals surface area contributed by atoms with E-state index in [1.165, 1.54) is 0 Å². The van der Waals surface area contributed by atoms with Crippen molar-refractivity contribution in [3.8, 4) is 5.75 Å². The van der Waals surface area contributed by atoms with E-state index in [1.807, 2.05) is 60.9 Å². The van der Waals surface area contributed by atoms with Gasteiger partial charge in [0, 0.05) is 10.6 Å². The fourth-order valence-corrected chi connectivity index (χ4v) is 5.23. The minimum Gasteiger partial charge on any atom is -0.489 e. The van der Waals surface area contributed by atoms with Crippen LogP contribution in [0.2, 0.25) is 5.02 Å². The van der Waals surface area contributed by atoms with Gasteiger partial charge < -0.3 is 9.30 Å². The SMILES string of the molecule is CCCCS(=O)(=O)NC(=O)c1ccc2nc(C)n(Cc3ccc(OCc4ccccc4)cc3Cl)c2c1. The van der Waals surface area contributed by atoms with Crippen molar-refractivity contribution < 1.29 is 17.9 Å². The molecule has 0 aliphatic rings. The monoisotopic (exact) mass is 525 g/mol. The van der Waals surface area contributed by atoms with Crippen LogP contribution < -0.4 is 9.46 Å². The Morgan fingerprint density at radius 1 is 1.08 bits per heavy atom. The van der Waals surface area contributed by atoms with Gasteiger partial charge in [-0.05, 0) is 54.8 Å². The molecule has 0 saturated heterocycles. The van der Waals surface area contributed by atoms with Crippen LogP contribution in [0.3, 0.4) is 0 Å². The number of rotatable bonds is 10. The number of hydrogen-bond acceptors (Lipinski definition) is 5. The lowest BCUT2D eigenvalue weighted by Crippen LogP contribution is -2.32. The highest BCUT2D eigenvalue weighted by atomic mass is 35.5. The third-order valence-corrected chi connectivity index (χ3v) is 7.49. The number of imidazole rings is 1. The second kappa shape index (κ2) is 11.1. The molecular formula is C27H28ClN3O4S. The standard InChI is InChI=1S/C27H28ClN3O4S/c1-3-4-14-36(33,34)30-27(32)21-11-13-25-26(15-21)31(19(2)29-25)17-22-10-12-23(16-24(22)28)35-18-20-8-6-5-7-9-20/h5-13,15-16H,3-4,14,17-18H2,1-2H3,(H,30,32). The van der Waals surface area contributed by atoms with Crippen molar-refractivity contribution in [2.24, 2.45) is 0 Å². The Hall–Kier alpha value is -3.36. The molecule has 4 rings (SSSR count). The molecule has 1 N–H and O–H groups in total. The molecule has 1 aromatic heterocycles. The van der Waals surface area contributed by atoms with Crippen LogP contribution in [0, 0.1) is 6.92 Å². The number of sulfonamides is 1. The highest BCUT2D eigenvalue weighted by Gasteiger charge is 2.18. The average molecular weight is 526 g/mol. The van der Waals surface area contributed by atoms with Gasteiger partial charge in [0.25, 0.3) is 5.91 Å². The van der Waals surface area contributed by atoms with Crippen molar-refractivity contribution in [1.29, 1.82) is 0 Å². The first kappa shape index (κ1) is 25.7. The summed E-state index contributed by atoms with van der Waals surface area (Å²) in [6.07, 6.45) is 1.21. The Bertz CT molecular complexity index is 1480. The van der Waals surface area contributed by atoms with Crippen LogP contribution in [0.25, 0.3) is 11.0 Å². The van der Waals surface area contributed by atoms with Gasteiger partial charge in [-0.2, -0.15) is 0 Å². The molecule has 3 aromatic carbocycles. The third-order valence-electron chi connectivity index (χ3n) is 5.82. The maximum atomic E-state index is 12.6. The van der Waals surface area contributed by atoms with Crippen LogP contribution in [0.4, 0.5) is 0 Å². The van der Waals surface area contributed by atoms with Crippen molar-refractivity contribution >= 4 is 38.6 Å². The maximum Gasteiger partial charge on any atom is 0.264 e. The largest absolute Gasteiger partial charge is 0.489 e. The first-order valence-corrected chi connectivity index (χ1v) is 13.8. The van der Waals surface area contributed by atoms with E-state index in [1.54, 1.807) is 24.3 Å². The number of unbranched alkanes of at least 4 members (excludes halogenated alkanes) is 1. The summed E-state index contributed by atoms with van der Waals surface area (Å²) in [5.74, 6) is 0.677. The molecule has 0 radical (unpaired) electrons. The number of aryl methyl sites for hydroxylation is 1. The zero-order chi connectivity index (χ0) is 25.7. The summed E-state index contributed by atoms with van der Waals surface area (Å²) in [5.41, 5.74) is 3.60. The zero-order valence-electron chi connectivity index (χ0n) is 20.2. The van der Waals surface area contributed by atoms with E-state index < -0.39 is 15.9 Å². The molecule has 4 aromatic rings. The van der Waals surface area contributed by atoms with Crippen molar-refractivity contribution in [2.45, 2.75) is 39.8 Å². The van der Waals surface area contributed by atoms with Crippen LogP contribution in [0.15, 0.2) is 66.7 Å². The molecule has 0 saturated carbocycles. The van der Waals surface area contributed by atoms with Crippen molar-refractivity contribution in [3.05, 3.63) is 94.3 Å². The smallest absolute Gasteiger partial charge is 0.264 e. The Kier molecular flexibility index (Phi) is 7.96.